The summed E-state index contributed by atoms with van der Waals surface area (Å²) in [6.07, 6.45) is 0. The van der Waals surface area contributed by atoms with Gasteiger partial charge in [-0.2, -0.15) is 0 Å². The molecule has 0 spiro atoms. The molecule has 1 aromatic heterocycles. The molecular formula is C25H26N4O5S. The highest BCUT2D eigenvalue weighted by molar-refractivity contribution is 7.92. The lowest BCUT2D eigenvalue weighted by atomic mass is 10.2. The zero-order valence-electron chi connectivity index (χ0n) is 19.6. The van der Waals surface area contributed by atoms with Crippen molar-refractivity contribution in [1.82, 2.24) is 9.47 Å². The summed E-state index contributed by atoms with van der Waals surface area (Å²) in [4.78, 5) is 27.0. The SMILES string of the molecule is Cc1ccccc1NS(=O)(=O)c1ccc(C(=O)Nc2ccc3oc(=O)n(CCN(C)C)c3c2)cc1. The zero-order valence-corrected chi connectivity index (χ0v) is 20.4. The predicted molar refractivity (Wildman–Crippen MR) is 135 cm³/mol. The number of rotatable bonds is 8. The van der Waals surface area contributed by atoms with Crippen LogP contribution < -0.4 is 15.8 Å². The number of carbonyl (C=O) groups excluding carboxylic acids is 1. The highest BCUT2D eigenvalue weighted by Crippen LogP contribution is 2.21. The van der Waals surface area contributed by atoms with Gasteiger partial charge in [-0.15, -0.1) is 0 Å². The summed E-state index contributed by atoms with van der Waals surface area (Å²) in [5.74, 6) is -0.868. The molecule has 0 unspecified atom stereocenters. The zero-order chi connectivity index (χ0) is 25.2. The van der Waals surface area contributed by atoms with E-state index in [-0.39, 0.29) is 10.5 Å². The molecule has 1 heterocycles. The van der Waals surface area contributed by atoms with Crippen LogP contribution in [0.15, 0.2) is 80.8 Å². The van der Waals surface area contributed by atoms with Crippen LogP contribution >= 0.6 is 0 Å². The summed E-state index contributed by atoms with van der Waals surface area (Å²) in [6, 6.07) is 17.7. The number of sulfonamides is 1. The first-order valence-corrected chi connectivity index (χ1v) is 12.4. The van der Waals surface area contributed by atoms with Crippen molar-refractivity contribution in [3.8, 4) is 0 Å². The van der Waals surface area contributed by atoms with Crippen molar-refractivity contribution in [2.75, 3.05) is 30.7 Å². The van der Waals surface area contributed by atoms with Gasteiger partial charge >= 0.3 is 5.76 Å². The van der Waals surface area contributed by atoms with Gasteiger partial charge in [-0.05, 0) is 75.1 Å². The lowest BCUT2D eigenvalue weighted by molar-refractivity contribution is 0.102. The molecule has 4 rings (SSSR count). The monoisotopic (exact) mass is 494 g/mol. The van der Waals surface area contributed by atoms with Gasteiger partial charge in [-0.1, -0.05) is 18.2 Å². The molecule has 0 fully saturated rings. The number of aromatic nitrogens is 1. The van der Waals surface area contributed by atoms with Crippen LogP contribution in [0.4, 0.5) is 11.4 Å². The van der Waals surface area contributed by atoms with Crippen LogP contribution in [-0.2, 0) is 16.6 Å². The number of benzene rings is 3. The van der Waals surface area contributed by atoms with Crippen molar-refractivity contribution >= 4 is 38.4 Å². The molecule has 0 aliphatic carbocycles. The second-order valence-corrected chi connectivity index (χ2v) is 10.1. The van der Waals surface area contributed by atoms with E-state index in [0.717, 1.165) is 5.56 Å². The number of amides is 1. The van der Waals surface area contributed by atoms with E-state index < -0.39 is 21.7 Å². The Labute approximate surface area is 203 Å². The van der Waals surface area contributed by atoms with Crippen molar-refractivity contribution in [1.29, 1.82) is 0 Å². The molecule has 0 aliphatic heterocycles. The maximum absolute atomic E-state index is 12.8. The highest BCUT2D eigenvalue weighted by Gasteiger charge is 2.17. The predicted octanol–water partition coefficient (Wildman–Crippen LogP) is 3.52. The van der Waals surface area contributed by atoms with Gasteiger partial charge in [-0.3, -0.25) is 14.1 Å². The van der Waals surface area contributed by atoms with Crippen LogP contribution in [0.2, 0.25) is 0 Å². The van der Waals surface area contributed by atoms with Gasteiger partial charge in [0.2, 0.25) is 0 Å². The Morgan fingerprint density at radius 2 is 1.74 bits per heavy atom. The first-order chi connectivity index (χ1) is 16.6. The number of aryl methyl sites for hydroxylation is 1. The van der Waals surface area contributed by atoms with Gasteiger partial charge in [-0.25, -0.2) is 13.2 Å². The van der Waals surface area contributed by atoms with Crippen molar-refractivity contribution in [3.63, 3.8) is 0 Å². The first-order valence-electron chi connectivity index (χ1n) is 10.9. The summed E-state index contributed by atoms with van der Waals surface area (Å²) in [7, 11) is 0.0184. The van der Waals surface area contributed by atoms with E-state index in [1.165, 1.54) is 28.8 Å². The summed E-state index contributed by atoms with van der Waals surface area (Å²) >= 11 is 0. The lowest BCUT2D eigenvalue weighted by Gasteiger charge is -2.11. The average molecular weight is 495 g/mol. The van der Waals surface area contributed by atoms with Gasteiger partial charge in [0, 0.05) is 24.3 Å². The van der Waals surface area contributed by atoms with Crippen LogP contribution in [0.25, 0.3) is 11.1 Å². The largest absolute Gasteiger partial charge is 0.419 e. The fraction of sp³-hybridized carbons (Fsp3) is 0.200. The summed E-state index contributed by atoms with van der Waals surface area (Å²) in [5, 5.41) is 2.79. The Balaban J connectivity index is 1.51. The Morgan fingerprint density at radius 3 is 2.43 bits per heavy atom. The third kappa shape index (κ3) is 5.44. The molecule has 10 heteroatoms. The number of hydrogen-bond donors (Lipinski definition) is 2. The van der Waals surface area contributed by atoms with Crippen LogP contribution in [0.3, 0.4) is 0 Å². The second-order valence-electron chi connectivity index (χ2n) is 8.40. The fourth-order valence-electron chi connectivity index (χ4n) is 3.53. The summed E-state index contributed by atoms with van der Waals surface area (Å²) < 4.78 is 34.8. The molecule has 3 aromatic carbocycles. The molecule has 182 valence electrons. The molecule has 1 amide bonds. The van der Waals surface area contributed by atoms with E-state index in [4.69, 9.17) is 4.42 Å². The van der Waals surface area contributed by atoms with E-state index in [9.17, 15) is 18.0 Å². The van der Waals surface area contributed by atoms with Gasteiger partial charge < -0.3 is 14.6 Å². The first kappa shape index (κ1) is 24.2. The van der Waals surface area contributed by atoms with E-state index in [0.29, 0.717) is 35.6 Å². The minimum absolute atomic E-state index is 0.0435. The van der Waals surface area contributed by atoms with Crippen molar-refractivity contribution in [2.45, 2.75) is 18.4 Å². The third-order valence-electron chi connectivity index (χ3n) is 5.51. The van der Waals surface area contributed by atoms with Gasteiger partial charge in [0.25, 0.3) is 15.9 Å². The molecular weight excluding hydrogens is 468 g/mol. The number of hydrogen-bond acceptors (Lipinski definition) is 6. The van der Waals surface area contributed by atoms with Crippen LogP contribution in [0.5, 0.6) is 0 Å². The number of nitrogens with zero attached hydrogens (tertiary/aromatic N) is 2. The maximum atomic E-state index is 12.8. The molecule has 0 saturated carbocycles. The standard InChI is InChI=1S/C25H26N4O5S/c1-17-6-4-5-7-21(17)27-35(32,33)20-11-8-18(9-12-20)24(30)26-19-10-13-23-22(16-19)29(25(31)34-23)15-14-28(2)3/h4-13,16,27H,14-15H2,1-3H3,(H,26,30). The molecule has 4 aromatic rings. The second kappa shape index (κ2) is 9.77. The van der Waals surface area contributed by atoms with Crippen molar-refractivity contribution in [3.05, 3.63) is 88.4 Å². The summed E-state index contributed by atoms with van der Waals surface area (Å²) in [6.45, 7) is 2.91. The molecule has 2 N–H and O–H groups in total. The number of para-hydroxylation sites is 1. The van der Waals surface area contributed by atoms with Gasteiger partial charge in [0.1, 0.15) is 0 Å². The third-order valence-corrected chi connectivity index (χ3v) is 6.89. The highest BCUT2D eigenvalue weighted by atomic mass is 32.2. The molecule has 9 nitrogen and oxygen atoms in total. The van der Waals surface area contributed by atoms with E-state index in [1.807, 2.05) is 38.1 Å². The number of nitrogens with one attached hydrogen (secondary N) is 2. The number of likely N-dealkylation sites (N-methyl/N-ethyl adjacent to an activating group) is 1. The van der Waals surface area contributed by atoms with E-state index in [2.05, 4.69) is 10.0 Å². The molecule has 35 heavy (non-hydrogen) atoms. The summed E-state index contributed by atoms with van der Waals surface area (Å²) in [5.41, 5.74) is 3.08. The van der Waals surface area contributed by atoms with Crippen LogP contribution in [-0.4, -0.2) is 44.4 Å². The molecule has 0 bridgehead atoms. The lowest BCUT2D eigenvalue weighted by Crippen LogP contribution is -2.23. The number of anilines is 2. The van der Waals surface area contributed by atoms with E-state index >= 15 is 0 Å². The van der Waals surface area contributed by atoms with Crippen LogP contribution in [0.1, 0.15) is 15.9 Å². The van der Waals surface area contributed by atoms with Crippen molar-refractivity contribution in [2.24, 2.45) is 0 Å². The van der Waals surface area contributed by atoms with Crippen LogP contribution in [0, 0.1) is 6.92 Å². The smallest absolute Gasteiger partial charge is 0.408 e. The molecule has 0 aliphatic rings. The maximum Gasteiger partial charge on any atom is 0.419 e. The fourth-order valence-corrected chi connectivity index (χ4v) is 4.66. The topological polar surface area (TPSA) is 114 Å². The molecule has 0 saturated heterocycles. The normalized spacial score (nSPS) is 11.7. The number of fused-ring (bicyclic) bond motifs is 1. The van der Waals surface area contributed by atoms with Crippen molar-refractivity contribution < 1.29 is 17.6 Å². The molecule has 0 radical (unpaired) electrons. The minimum atomic E-state index is -3.80. The Morgan fingerprint density at radius 1 is 1.03 bits per heavy atom. The number of oxazole rings is 1. The minimum Gasteiger partial charge on any atom is -0.408 e. The Bertz CT molecular complexity index is 1540. The average Bonchev–Trinajstić information content (AvgIpc) is 3.13. The quantitative estimate of drug-likeness (QED) is 0.388. The Kier molecular flexibility index (Phi) is 6.77. The van der Waals surface area contributed by atoms with Gasteiger partial charge in [0.15, 0.2) is 5.58 Å². The Hall–Kier alpha value is -3.89. The molecule has 0 atom stereocenters. The van der Waals surface area contributed by atoms with E-state index in [1.54, 1.807) is 30.3 Å². The number of carbonyl (C=O) groups is 1. The van der Waals surface area contributed by atoms with Gasteiger partial charge in [0.05, 0.1) is 16.1 Å².